The molecule has 1 aromatic carbocycles. The van der Waals surface area contributed by atoms with Crippen molar-refractivity contribution < 1.29 is 0 Å². The molecule has 4 unspecified atom stereocenters. The molecule has 4 atom stereocenters. The van der Waals surface area contributed by atoms with Crippen LogP contribution in [0.2, 0.25) is 0 Å². The largest absolute Gasteiger partial charge is 0.326 e. The molecule has 1 heterocycles. The number of nitrogens with two attached hydrogens (primary N) is 1. The number of nitrogens with zero attached hydrogens (tertiary/aromatic N) is 1. The van der Waals surface area contributed by atoms with Crippen molar-refractivity contribution in [1.82, 2.24) is 4.90 Å². The Balaban J connectivity index is 2.32. The highest BCUT2D eigenvalue weighted by Gasteiger charge is 2.33. The Labute approximate surface area is 124 Å². The van der Waals surface area contributed by atoms with Gasteiger partial charge in [0.1, 0.15) is 0 Å². The van der Waals surface area contributed by atoms with Crippen LogP contribution in [0.4, 0.5) is 0 Å². The third-order valence-electron chi connectivity index (χ3n) is 5.04. The second-order valence-corrected chi connectivity index (χ2v) is 6.53. The number of rotatable bonds is 4. The lowest BCUT2D eigenvalue weighted by molar-refractivity contribution is 0.0546. The molecule has 0 bridgehead atoms. The summed E-state index contributed by atoms with van der Waals surface area (Å²) >= 11 is 0. The van der Waals surface area contributed by atoms with E-state index < -0.39 is 0 Å². The summed E-state index contributed by atoms with van der Waals surface area (Å²) in [4.78, 5) is 2.65. The van der Waals surface area contributed by atoms with Crippen LogP contribution in [0.3, 0.4) is 0 Å². The highest BCUT2D eigenvalue weighted by atomic mass is 15.2. The zero-order valence-corrected chi connectivity index (χ0v) is 13.5. The molecule has 0 amide bonds. The topological polar surface area (TPSA) is 29.3 Å². The first kappa shape index (κ1) is 15.5. The predicted molar refractivity (Wildman–Crippen MR) is 86.8 cm³/mol. The van der Waals surface area contributed by atoms with E-state index >= 15 is 0 Å². The maximum absolute atomic E-state index is 6.50. The van der Waals surface area contributed by atoms with E-state index in [1.807, 2.05) is 0 Å². The second kappa shape index (κ2) is 6.73. The van der Waals surface area contributed by atoms with E-state index in [1.165, 1.54) is 30.5 Å². The molecule has 2 heteroatoms. The number of piperidine rings is 1. The summed E-state index contributed by atoms with van der Waals surface area (Å²) in [5.74, 6) is 0.764. The minimum absolute atomic E-state index is 0.213. The van der Waals surface area contributed by atoms with Gasteiger partial charge >= 0.3 is 0 Å². The molecule has 0 aliphatic carbocycles. The average molecular weight is 274 g/mol. The monoisotopic (exact) mass is 274 g/mol. The Kier molecular flexibility index (Phi) is 5.22. The standard InChI is InChI=1S/C18H30N2/c1-5-17(19)18(16-10-6-8-13(2)12-16)20-11-7-9-14(3)15(20)4/h6,8,10,12,14-15,17-18H,5,7,9,11,19H2,1-4H3. The molecule has 2 rings (SSSR count). The Morgan fingerprint density at radius 3 is 2.75 bits per heavy atom. The van der Waals surface area contributed by atoms with Crippen LogP contribution in [0.5, 0.6) is 0 Å². The molecule has 0 aromatic heterocycles. The highest BCUT2D eigenvalue weighted by molar-refractivity contribution is 5.26. The number of likely N-dealkylation sites (tertiary alicyclic amines) is 1. The molecule has 20 heavy (non-hydrogen) atoms. The summed E-state index contributed by atoms with van der Waals surface area (Å²) in [6.45, 7) is 10.3. The maximum atomic E-state index is 6.50. The molecule has 1 aliphatic heterocycles. The molecule has 112 valence electrons. The van der Waals surface area contributed by atoms with E-state index in [-0.39, 0.29) is 6.04 Å². The molecular weight excluding hydrogens is 244 g/mol. The SMILES string of the molecule is CCC(N)C(c1cccc(C)c1)N1CCCC(C)C1C. The van der Waals surface area contributed by atoms with Crippen molar-refractivity contribution in [1.29, 1.82) is 0 Å². The summed E-state index contributed by atoms with van der Waals surface area (Å²) in [5.41, 5.74) is 9.21. The second-order valence-electron chi connectivity index (χ2n) is 6.53. The molecule has 1 aliphatic rings. The van der Waals surface area contributed by atoms with Gasteiger partial charge in [0, 0.05) is 12.1 Å². The zero-order chi connectivity index (χ0) is 14.7. The summed E-state index contributed by atoms with van der Waals surface area (Å²) < 4.78 is 0. The molecule has 0 saturated carbocycles. The Morgan fingerprint density at radius 1 is 1.35 bits per heavy atom. The van der Waals surface area contributed by atoms with Crippen molar-refractivity contribution in [3.05, 3.63) is 35.4 Å². The van der Waals surface area contributed by atoms with Crippen molar-refractivity contribution in [3.63, 3.8) is 0 Å². The lowest BCUT2D eigenvalue weighted by Crippen LogP contribution is -2.49. The molecule has 0 radical (unpaired) electrons. The maximum Gasteiger partial charge on any atom is 0.0502 e. The Hall–Kier alpha value is -0.860. The Morgan fingerprint density at radius 2 is 2.10 bits per heavy atom. The minimum atomic E-state index is 0.213. The molecule has 0 spiro atoms. The first-order valence-corrected chi connectivity index (χ1v) is 8.12. The van der Waals surface area contributed by atoms with Gasteiger partial charge in [0.25, 0.3) is 0 Å². The van der Waals surface area contributed by atoms with Crippen LogP contribution < -0.4 is 5.73 Å². The van der Waals surface area contributed by atoms with Crippen LogP contribution in [0.25, 0.3) is 0 Å². The van der Waals surface area contributed by atoms with E-state index in [0.717, 1.165) is 12.3 Å². The van der Waals surface area contributed by atoms with Gasteiger partial charge in [-0.05, 0) is 51.1 Å². The van der Waals surface area contributed by atoms with Gasteiger partial charge in [0.15, 0.2) is 0 Å². The van der Waals surface area contributed by atoms with Crippen LogP contribution in [0.1, 0.15) is 57.2 Å². The van der Waals surface area contributed by atoms with Gasteiger partial charge in [-0.3, -0.25) is 4.90 Å². The quantitative estimate of drug-likeness (QED) is 0.902. The molecule has 1 saturated heterocycles. The lowest BCUT2D eigenvalue weighted by Gasteiger charge is -2.45. The van der Waals surface area contributed by atoms with E-state index in [2.05, 4.69) is 56.9 Å². The van der Waals surface area contributed by atoms with Crippen LogP contribution >= 0.6 is 0 Å². The van der Waals surface area contributed by atoms with Crippen molar-refractivity contribution >= 4 is 0 Å². The van der Waals surface area contributed by atoms with Gasteiger partial charge in [-0.2, -0.15) is 0 Å². The normalized spacial score (nSPS) is 27.2. The van der Waals surface area contributed by atoms with Crippen LogP contribution in [0, 0.1) is 12.8 Å². The third-order valence-corrected chi connectivity index (χ3v) is 5.04. The summed E-state index contributed by atoms with van der Waals surface area (Å²) in [6.07, 6.45) is 3.67. The fraction of sp³-hybridized carbons (Fsp3) is 0.667. The number of benzene rings is 1. The van der Waals surface area contributed by atoms with Crippen LogP contribution in [-0.4, -0.2) is 23.5 Å². The van der Waals surface area contributed by atoms with Gasteiger partial charge in [0.2, 0.25) is 0 Å². The molecule has 1 aromatic rings. The van der Waals surface area contributed by atoms with Crippen LogP contribution in [0.15, 0.2) is 24.3 Å². The van der Waals surface area contributed by atoms with Gasteiger partial charge in [-0.1, -0.05) is 43.7 Å². The van der Waals surface area contributed by atoms with Crippen molar-refractivity contribution in [2.24, 2.45) is 11.7 Å². The van der Waals surface area contributed by atoms with E-state index in [9.17, 15) is 0 Å². The van der Waals surface area contributed by atoms with Crippen molar-refractivity contribution in [2.45, 2.75) is 65.1 Å². The van der Waals surface area contributed by atoms with Gasteiger partial charge < -0.3 is 5.73 Å². The third kappa shape index (κ3) is 3.24. The molecular formula is C18H30N2. The summed E-state index contributed by atoms with van der Waals surface area (Å²) in [6, 6.07) is 10.1. The lowest BCUT2D eigenvalue weighted by atomic mass is 9.86. The number of hydrogen-bond acceptors (Lipinski definition) is 2. The van der Waals surface area contributed by atoms with E-state index in [4.69, 9.17) is 5.73 Å². The fourth-order valence-electron chi connectivity index (χ4n) is 3.52. The first-order chi connectivity index (χ1) is 9.54. The number of hydrogen-bond donors (Lipinski definition) is 1. The first-order valence-electron chi connectivity index (χ1n) is 8.12. The number of aryl methyl sites for hydroxylation is 1. The van der Waals surface area contributed by atoms with Gasteiger partial charge in [0.05, 0.1) is 6.04 Å². The van der Waals surface area contributed by atoms with Crippen molar-refractivity contribution in [3.8, 4) is 0 Å². The predicted octanol–water partition coefficient (Wildman–Crippen LogP) is 3.89. The van der Waals surface area contributed by atoms with Gasteiger partial charge in [-0.25, -0.2) is 0 Å². The highest BCUT2D eigenvalue weighted by Crippen LogP contribution is 2.34. The Bertz CT molecular complexity index is 429. The van der Waals surface area contributed by atoms with Crippen molar-refractivity contribution in [2.75, 3.05) is 6.54 Å². The molecule has 2 nitrogen and oxygen atoms in total. The molecule has 1 fully saturated rings. The zero-order valence-electron chi connectivity index (χ0n) is 13.5. The average Bonchev–Trinajstić information content (AvgIpc) is 2.43. The molecule has 2 N–H and O–H groups in total. The smallest absolute Gasteiger partial charge is 0.0502 e. The fourth-order valence-corrected chi connectivity index (χ4v) is 3.52. The van der Waals surface area contributed by atoms with E-state index in [1.54, 1.807) is 0 Å². The van der Waals surface area contributed by atoms with Crippen LogP contribution in [-0.2, 0) is 0 Å². The summed E-state index contributed by atoms with van der Waals surface area (Å²) in [7, 11) is 0. The summed E-state index contributed by atoms with van der Waals surface area (Å²) in [5, 5.41) is 0. The minimum Gasteiger partial charge on any atom is -0.326 e. The van der Waals surface area contributed by atoms with E-state index in [0.29, 0.717) is 12.1 Å². The van der Waals surface area contributed by atoms with Gasteiger partial charge in [-0.15, -0.1) is 0 Å².